The van der Waals surface area contributed by atoms with Crippen LogP contribution in [0, 0.1) is 12.8 Å². The summed E-state index contributed by atoms with van der Waals surface area (Å²) in [7, 11) is 0. The number of rotatable bonds is 7. The number of carbonyl (C=O) groups is 2. The number of hydrogen-bond acceptors (Lipinski definition) is 4. The van der Waals surface area contributed by atoms with Crippen molar-refractivity contribution in [1.82, 2.24) is 10.9 Å². The van der Waals surface area contributed by atoms with Crippen LogP contribution < -0.4 is 20.3 Å². The Hall–Kier alpha value is -2.06. The molecule has 2 aromatic carbocycles. The van der Waals surface area contributed by atoms with E-state index in [4.69, 9.17) is 9.47 Å². The number of amides is 2. The summed E-state index contributed by atoms with van der Waals surface area (Å²) in [5.41, 5.74) is 6.11. The molecule has 0 spiro atoms. The molecule has 0 saturated carbocycles. The maximum absolute atomic E-state index is 12.5. The quantitative estimate of drug-likeness (QED) is 0.538. The summed E-state index contributed by atoms with van der Waals surface area (Å²) in [5.74, 6) is 0.342. The van der Waals surface area contributed by atoms with Gasteiger partial charge in [0.1, 0.15) is 11.5 Å². The van der Waals surface area contributed by atoms with Crippen LogP contribution >= 0.6 is 31.9 Å². The molecule has 0 aliphatic rings. The van der Waals surface area contributed by atoms with Crippen LogP contribution in [0.5, 0.6) is 11.5 Å². The number of nitrogens with one attached hydrogen (secondary N) is 2. The molecule has 0 radical (unpaired) electrons. The Labute approximate surface area is 181 Å². The Balaban J connectivity index is 1.92. The molecule has 2 aromatic rings. The molecule has 0 aliphatic carbocycles. The van der Waals surface area contributed by atoms with E-state index in [0.29, 0.717) is 29.6 Å². The highest BCUT2D eigenvalue weighted by Crippen LogP contribution is 2.26. The lowest BCUT2D eigenvalue weighted by Crippen LogP contribution is -2.44. The van der Waals surface area contributed by atoms with E-state index in [1.54, 1.807) is 24.3 Å². The van der Waals surface area contributed by atoms with Crippen molar-refractivity contribution in [2.24, 2.45) is 5.92 Å². The third-order valence-corrected chi connectivity index (χ3v) is 4.63. The van der Waals surface area contributed by atoms with Gasteiger partial charge in [-0.05, 0) is 64.7 Å². The first-order valence-electron chi connectivity index (χ1n) is 8.66. The highest BCUT2D eigenvalue weighted by atomic mass is 79.9. The predicted octanol–water partition coefficient (Wildman–Crippen LogP) is 4.39. The molecule has 0 aromatic heterocycles. The average Bonchev–Trinajstić information content (AvgIpc) is 2.64. The Bertz CT molecular complexity index is 856. The zero-order valence-corrected chi connectivity index (χ0v) is 19.0. The van der Waals surface area contributed by atoms with Crippen molar-refractivity contribution in [2.45, 2.75) is 20.8 Å². The minimum Gasteiger partial charge on any atom is -0.492 e. The summed E-state index contributed by atoms with van der Waals surface area (Å²) in [5, 5.41) is 0. The van der Waals surface area contributed by atoms with E-state index in [1.807, 2.05) is 32.9 Å². The fourth-order valence-corrected chi connectivity index (χ4v) is 3.13. The SMILES string of the molecule is Cc1ccc(OCC(=O)NNC(=O)c2cc(Br)ccc2OCC(C)C)c(Br)c1. The summed E-state index contributed by atoms with van der Waals surface area (Å²) < 4.78 is 12.6. The van der Waals surface area contributed by atoms with Crippen molar-refractivity contribution in [3.8, 4) is 11.5 Å². The molecular weight excluding hydrogens is 492 g/mol. The van der Waals surface area contributed by atoms with Gasteiger partial charge in [0.05, 0.1) is 16.6 Å². The van der Waals surface area contributed by atoms with Gasteiger partial charge in [-0.3, -0.25) is 20.4 Å². The molecule has 0 fully saturated rings. The minimum atomic E-state index is -0.486. The topological polar surface area (TPSA) is 76.7 Å². The van der Waals surface area contributed by atoms with Gasteiger partial charge in [-0.1, -0.05) is 35.8 Å². The van der Waals surface area contributed by atoms with E-state index in [-0.39, 0.29) is 6.61 Å². The number of halogens is 2. The summed E-state index contributed by atoms with van der Waals surface area (Å²) >= 11 is 6.72. The van der Waals surface area contributed by atoms with Crippen LogP contribution in [-0.4, -0.2) is 25.0 Å². The van der Waals surface area contributed by atoms with Crippen molar-refractivity contribution in [3.05, 3.63) is 56.5 Å². The smallest absolute Gasteiger partial charge is 0.276 e. The minimum absolute atomic E-state index is 0.239. The van der Waals surface area contributed by atoms with Crippen LogP contribution in [0.2, 0.25) is 0 Å². The van der Waals surface area contributed by atoms with Gasteiger partial charge in [0.2, 0.25) is 0 Å². The largest absolute Gasteiger partial charge is 0.492 e. The van der Waals surface area contributed by atoms with Crippen LogP contribution in [-0.2, 0) is 4.79 Å². The molecule has 0 atom stereocenters. The predicted molar refractivity (Wildman–Crippen MR) is 114 cm³/mol. The number of ether oxygens (including phenoxy) is 2. The van der Waals surface area contributed by atoms with Crippen molar-refractivity contribution in [3.63, 3.8) is 0 Å². The maximum atomic E-state index is 12.5. The zero-order valence-electron chi connectivity index (χ0n) is 15.8. The van der Waals surface area contributed by atoms with Gasteiger partial charge >= 0.3 is 0 Å². The first kappa shape index (κ1) is 22.2. The lowest BCUT2D eigenvalue weighted by Gasteiger charge is -2.14. The van der Waals surface area contributed by atoms with Gasteiger partial charge in [-0.25, -0.2) is 0 Å². The Morgan fingerprint density at radius 1 is 1.00 bits per heavy atom. The van der Waals surface area contributed by atoms with Crippen LogP contribution in [0.25, 0.3) is 0 Å². The van der Waals surface area contributed by atoms with E-state index in [1.165, 1.54) is 0 Å². The fraction of sp³-hybridized carbons (Fsp3) is 0.300. The van der Waals surface area contributed by atoms with Crippen molar-refractivity contribution in [1.29, 1.82) is 0 Å². The average molecular weight is 514 g/mol. The second-order valence-electron chi connectivity index (χ2n) is 6.57. The van der Waals surface area contributed by atoms with Gasteiger partial charge in [-0.15, -0.1) is 0 Å². The molecule has 0 heterocycles. The normalized spacial score (nSPS) is 10.5. The molecule has 0 unspecified atom stereocenters. The van der Waals surface area contributed by atoms with Crippen molar-refractivity contribution >= 4 is 43.7 Å². The van der Waals surface area contributed by atoms with E-state index in [0.717, 1.165) is 14.5 Å². The molecule has 2 amide bonds. The van der Waals surface area contributed by atoms with E-state index < -0.39 is 11.8 Å². The van der Waals surface area contributed by atoms with E-state index >= 15 is 0 Å². The zero-order chi connectivity index (χ0) is 20.7. The van der Waals surface area contributed by atoms with Crippen molar-refractivity contribution in [2.75, 3.05) is 13.2 Å². The third kappa shape index (κ3) is 6.83. The lowest BCUT2D eigenvalue weighted by atomic mass is 10.2. The van der Waals surface area contributed by atoms with Gasteiger partial charge in [-0.2, -0.15) is 0 Å². The molecule has 0 bridgehead atoms. The van der Waals surface area contributed by atoms with Crippen LogP contribution in [0.1, 0.15) is 29.8 Å². The molecule has 150 valence electrons. The number of aryl methyl sites for hydroxylation is 1. The summed E-state index contributed by atoms with van der Waals surface area (Å²) in [6.45, 7) is 6.24. The molecule has 2 rings (SSSR count). The summed E-state index contributed by atoms with van der Waals surface area (Å²) in [4.78, 5) is 24.4. The third-order valence-electron chi connectivity index (χ3n) is 3.52. The molecule has 0 saturated heterocycles. The number of hydrazine groups is 1. The van der Waals surface area contributed by atoms with E-state index in [2.05, 4.69) is 42.7 Å². The van der Waals surface area contributed by atoms with Gasteiger partial charge in [0.15, 0.2) is 6.61 Å². The molecular formula is C20H22Br2N2O4. The second kappa shape index (κ2) is 10.5. The van der Waals surface area contributed by atoms with Crippen LogP contribution in [0.15, 0.2) is 45.3 Å². The Kier molecular flexibility index (Phi) is 8.32. The second-order valence-corrected chi connectivity index (χ2v) is 8.34. The maximum Gasteiger partial charge on any atom is 0.276 e. The molecule has 28 heavy (non-hydrogen) atoms. The lowest BCUT2D eigenvalue weighted by molar-refractivity contribution is -0.123. The number of carbonyl (C=O) groups excluding carboxylic acids is 2. The van der Waals surface area contributed by atoms with Gasteiger partial charge in [0.25, 0.3) is 11.8 Å². The monoisotopic (exact) mass is 512 g/mol. The van der Waals surface area contributed by atoms with E-state index in [9.17, 15) is 9.59 Å². The molecule has 8 heteroatoms. The first-order chi connectivity index (χ1) is 13.3. The van der Waals surface area contributed by atoms with Crippen molar-refractivity contribution < 1.29 is 19.1 Å². The molecule has 6 nitrogen and oxygen atoms in total. The Morgan fingerprint density at radius 3 is 2.39 bits per heavy atom. The van der Waals surface area contributed by atoms with Crippen LogP contribution in [0.4, 0.5) is 0 Å². The fourth-order valence-electron chi connectivity index (χ4n) is 2.16. The van der Waals surface area contributed by atoms with Crippen LogP contribution in [0.3, 0.4) is 0 Å². The first-order valence-corrected chi connectivity index (χ1v) is 10.3. The standard InChI is InChI=1S/C20H22Br2N2O4/c1-12(2)10-27-17-7-5-14(21)9-15(17)20(26)24-23-19(25)11-28-18-6-4-13(3)8-16(18)22/h4-9,12H,10-11H2,1-3H3,(H,23,25)(H,24,26). The highest BCUT2D eigenvalue weighted by Gasteiger charge is 2.15. The Morgan fingerprint density at radius 2 is 1.71 bits per heavy atom. The van der Waals surface area contributed by atoms with Gasteiger partial charge in [0, 0.05) is 4.47 Å². The molecule has 0 aliphatic heterocycles. The summed E-state index contributed by atoms with van der Waals surface area (Å²) in [6, 6.07) is 10.7. The highest BCUT2D eigenvalue weighted by molar-refractivity contribution is 9.10. The number of hydrogen-bond donors (Lipinski definition) is 2. The molecule has 2 N–H and O–H groups in total. The summed E-state index contributed by atoms with van der Waals surface area (Å²) in [6.07, 6.45) is 0. The number of benzene rings is 2. The van der Waals surface area contributed by atoms with Gasteiger partial charge < -0.3 is 9.47 Å².